The molecule has 0 atom stereocenters. The molecule has 5 heteroatoms. The van der Waals surface area contributed by atoms with E-state index in [1.165, 1.54) is 19.1 Å². The fourth-order valence-corrected chi connectivity index (χ4v) is 2.77. The molecule has 0 saturated carbocycles. The van der Waals surface area contributed by atoms with Crippen LogP contribution in [0.25, 0.3) is 0 Å². The second-order valence-electron chi connectivity index (χ2n) is 5.08. The van der Waals surface area contributed by atoms with Gasteiger partial charge >= 0.3 is 0 Å². The number of amides is 1. The Hall–Kier alpha value is -2.14. The van der Waals surface area contributed by atoms with Crippen molar-refractivity contribution in [1.82, 2.24) is 5.32 Å². The van der Waals surface area contributed by atoms with E-state index in [1.54, 1.807) is 6.07 Å². The van der Waals surface area contributed by atoms with Gasteiger partial charge in [-0.1, -0.05) is 36.4 Å². The van der Waals surface area contributed by atoms with E-state index in [4.69, 9.17) is 0 Å². The van der Waals surface area contributed by atoms with Gasteiger partial charge in [-0.3, -0.25) is 9.59 Å². The number of ketones is 1. The van der Waals surface area contributed by atoms with Crippen molar-refractivity contribution in [3.05, 3.63) is 65.5 Å². The van der Waals surface area contributed by atoms with Crippen LogP contribution in [0, 0.1) is 5.82 Å². The average Bonchev–Trinajstić information content (AvgIpc) is 2.54. The third-order valence-corrected chi connectivity index (χ3v) is 4.32. The molecule has 0 bridgehead atoms. The fraction of sp³-hybridized carbons (Fsp3) is 0.222. The van der Waals surface area contributed by atoms with Crippen LogP contribution in [0.2, 0.25) is 0 Å². The number of Topliss-reactive ketones (excluding diaryl/α,β-unsaturated/α-hetero) is 1. The molecule has 0 heterocycles. The summed E-state index contributed by atoms with van der Waals surface area (Å²) < 4.78 is 13.8. The van der Waals surface area contributed by atoms with E-state index in [1.807, 2.05) is 30.3 Å². The van der Waals surface area contributed by atoms with Gasteiger partial charge in [0.05, 0.1) is 5.75 Å². The van der Waals surface area contributed by atoms with Gasteiger partial charge < -0.3 is 5.32 Å². The number of hydrogen-bond donors (Lipinski definition) is 1. The molecule has 0 aromatic heterocycles. The number of halogens is 1. The molecule has 0 aliphatic rings. The topological polar surface area (TPSA) is 46.2 Å². The first kappa shape index (κ1) is 17.2. The quantitative estimate of drug-likeness (QED) is 0.624. The minimum atomic E-state index is -0.472. The summed E-state index contributed by atoms with van der Waals surface area (Å²) in [7, 11) is 0. The molecule has 2 aromatic carbocycles. The van der Waals surface area contributed by atoms with Crippen molar-refractivity contribution in [3.8, 4) is 0 Å². The van der Waals surface area contributed by atoms with Crippen LogP contribution in [0.4, 0.5) is 4.39 Å². The summed E-state index contributed by atoms with van der Waals surface area (Å²) in [5, 5.41) is 2.81. The average molecular weight is 331 g/mol. The van der Waals surface area contributed by atoms with Crippen LogP contribution < -0.4 is 5.32 Å². The van der Waals surface area contributed by atoms with Gasteiger partial charge in [-0.05, 0) is 31.0 Å². The lowest BCUT2D eigenvalue weighted by molar-refractivity contribution is -0.118. The molecular formula is C18H18FNO2S. The van der Waals surface area contributed by atoms with Crippen LogP contribution in [-0.2, 0) is 11.2 Å². The molecule has 3 nitrogen and oxygen atoms in total. The summed E-state index contributed by atoms with van der Waals surface area (Å²) in [5.74, 6) is -0.648. The van der Waals surface area contributed by atoms with Crippen LogP contribution in [0.5, 0.6) is 0 Å². The van der Waals surface area contributed by atoms with E-state index in [0.29, 0.717) is 17.0 Å². The summed E-state index contributed by atoms with van der Waals surface area (Å²) in [6.07, 6.45) is 0.763. The highest BCUT2D eigenvalue weighted by atomic mass is 32.2. The van der Waals surface area contributed by atoms with E-state index in [9.17, 15) is 14.0 Å². The molecule has 1 amide bonds. The lowest BCUT2D eigenvalue weighted by Gasteiger charge is -2.06. The Bertz CT molecular complexity index is 689. The highest BCUT2D eigenvalue weighted by Gasteiger charge is 2.09. The van der Waals surface area contributed by atoms with E-state index in [0.717, 1.165) is 23.7 Å². The molecule has 23 heavy (non-hydrogen) atoms. The first-order chi connectivity index (χ1) is 11.1. The highest BCUT2D eigenvalue weighted by molar-refractivity contribution is 8.00. The Labute approximate surface area is 139 Å². The smallest absolute Gasteiger partial charge is 0.230 e. The molecule has 2 rings (SSSR count). The van der Waals surface area contributed by atoms with Crippen molar-refractivity contribution >= 4 is 23.5 Å². The van der Waals surface area contributed by atoms with Crippen molar-refractivity contribution < 1.29 is 14.0 Å². The molecule has 0 aliphatic heterocycles. The third kappa shape index (κ3) is 5.53. The first-order valence-corrected chi connectivity index (χ1v) is 8.29. The maximum absolute atomic E-state index is 13.8. The molecule has 0 radical (unpaired) electrons. The van der Waals surface area contributed by atoms with E-state index in [2.05, 4.69) is 5.32 Å². The molecule has 0 unspecified atom stereocenters. The zero-order chi connectivity index (χ0) is 16.7. The number of rotatable bonds is 7. The standard InChI is InChI=1S/C18H18FNO2S/c1-13(21)15-7-8-17(16(19)11-15)23-12-18(22)20-10-9-14-5-3-2-4-6-14/h2-8,11H,9-10,12H2,1H3,(H,20,22). The molecule has 0 saturated heterocycles. The van der Waals surface area contributed by atoms with Gasteiger partial charge in [0.1, 0.15) is 5.82 Å². The van der Waals surface area contributed by atoms with Gasteiger partial charge in [-0.15, -0.1) is 11.8 Å². The normalized spacial score (nSPS) is 10.3. The van der Waals surface area contributed by atoms with Gasteiger partial charge in [0.2, 0.25) is 5.91 Å². The van der Waals surface area contributed by atoms with Gasteiger partial charge in [-0.25, -0.2) is 4.39 Å². The van der Waals surface area contributed by atoms with Crippen molar-refractivity contribution in [1.29, 1.82) is 0 Å². The first-order valence-electron chi connectivity index (χ1n) is 7.30. The summed E-state index contributed by atoms with van der Waals surface area (Å²) in [5.41, 5.74) is 1.49. The van der Waals surface area contributed by atoms with Crippen molar-refractivity contribution in [2.24, 2.45) is 0 Å². The number of hydrogen-bond acceptors (Lipinski definition) is 3. The number of thioether (sulfide) groups is 1. The lowest BCUT2D eigenvalue weighted by Crippen LogP contribution is -2.27. The second-order valence-corrected chi connectivity index (χ2v) is 6.09. The van der Waals surface area contributed by atoms with Crippen molar-refractivity contribution in [2.45, 2.75) is 18.2 Å². The van der Waals surface area contributed by atoms with Gasteiger partial charge in [0.15, 0.2) is 5.78 Å². The van der Waals surface area contributed by atoms with Crippen LogP contribution in [0.3, 0.4) is 0 Å². The minimum absolute atomic E-state index is 0.138. The van der Waals surface area contributed by atoms with Crippen molar-refractivity contribution in [2.75, 3.05) is 12.3 Å². The molecule has 0 fully saturated rings. The zero-order valence-electron chi connectivity index (χ0n) is 12.8. The number of nitrogens with one attached hydrogen (secondary N) is 1. The molecule has 0 spiro atoms. The third-order valence-electron chi connectivity index (χ3n) is 3.28. The zero-order valence-corrected chi connectivity index (χ0v) is 13.7. The summed E-state index contributed by atoms with van der Waals surface area (Å²) in [4.78, 5) is 23.3. The van der Waals surface area contributed by atoms with Crippen LogP contribution >= 0.6 is 11.8 Å². The largest absolute Gasteiger partial charge is 0.355 e. The summed E-state index contributed by atoms with van der Waals surface area (Å²) in [6.45, 7) is 1.94. The highest BCUT2D eigenvalue weighted by Crippen LogP contribution is 2.22. The van der Waals surface area contributed by atoms with Gasteiger partial charge in [-0.2, -0.15) is 0 Å². The van der Waals surface area contributed by atoms with Gasteiger partial charge in [0, 0.05) is 17.0 Å². The van der Waals surface area contributed by atoms with E-state index >= 15 is 0 Å². The SMILES string of the molecule is CC(=O)c1ccc(SCC(=O)NCCc2ccccc2)c(F)c1. The van der Waals surface area contributed by atoms with Crippen molar-refractivity contribution in [3.63, 3.8) is 0 Å². The van der Waals surface area contributed by atoms with E-state index < -0.39 is 5.82 Å². The Kier molecular flexibility index (Phi) is 6.35. The molecular weight excluding hydrogens is 313 g/mol. The Morgan fingerprint density at radius 2 is 1.87 bits per heavy atom. The second kappa shape index (κ2) is 8.48. The maximum atomic E-state index is 13.8. The number of carbonyl (C=O) groups is 2. The molecule has 1 N–H and O–H groups in total. The maximum Gasteiger partial charge on any atom is 0.230 e. The molecule has 0 aliphatic carbocycles. The monoisotopic (exact) mass is 331 g/mol. The predicted molar refractivity (Wildman–Crippen MR) is 90.3 cm³/mol. The van der Waals surface area contributed by atoms with Crippen LogP contribution in [-0.4, -0.2) is 24.0 Å². The Morgan fingerprint density at radius 3 is 2.52 bits per heavy atom. The number of carbonyl (C=O) groups excluding carboxylic acids is 2. The Balaban J connectivity index is 1.77. The summed E-state index contributed by atoms with van der Waals surface area (Å²) >= 11 is 1.12. The molecule has 2 aromatic rings. The summed E-state index contributed by atoms with van der Waals surface area (Å²) in [6, 6.07) is 14.2. The van der Waals surface area contributed by atoms with Crippen LogP contribution in [0.15, 0.2) is 53.4 Å². The van der Waals surface area contributed by atoms with E-state index in [-0.39, 0.29) is 17.4 Å². The Morgan fingerprint density at radius 1 is 1.13 bits per heavy atom. The fourth-order valence-electron chi connectivity index (χ4n) is 2.02. The van der Waals surface area contributed by atoms with Gasteiger partial charge in [0.25, 0.3) is 0 Å². The molecule has 120 valence electrons. The minimum Gasteiger partial charge on any atom is -0.355 e. The van der Waals surface area contributed by atoms with Crippen LogP contribution in [0.1, 0.15) is 22.8 Å². The lowest BCUT2D eigenvalue weighted by atomic mass is 10.1. The predicted octanol–water partition coefficient (Wildman–Crippen LogP) is 3.48. The number of benzene rings is 2.